The fourth-order valence-corrected chi connectivity index (χ4v) is 1.97. The van der Waals surface area contributed by atoms with E-state index >= 15 is 0 Å². The standard InChI is InChI=1S/C12H15FN2O/c1-12(2)5-6-15(8-12)11(16)9-3-4-10(13)14-7-9/h3-4,7H,5-6,8H2,1-2H3. The maximum atomic E-state index is 12.6. The lowest BCUT2D eigenvalue weighted by Crippen LogP contribution is -2.30. The topological polar surface area (TPSA) is 33.2 Å². The smallest absolute Gasteiger partial charge is 0.255 e. The van der Waals surface area contributed by atoms with Crippen molar-refractivity contribution in [2.24, 2.45) is 5.41 Å². The zero-order chi connectivity index (χ0) is 11.8. The summed E-state index contributed by atoms with van der Waals surface area (Å²) in [5.74, 6) is -0.614. The molecule has 0 atom stereocenters. The minimum absolute atomic E-state index is 0.0573. The quantitative estimate of drug-likeness (QED) is 0.682. The second-order valence-electron chi connectivity index (χ2n) is 5.01. The first kappa shape index (κ1) is 11.0. The maximum Gasteiger partial charge on any atom is 0.255 e. The lowest BCUT2D eigenvalue weighted by atomic mass is 9.93. The van der Waals surface area contributed by atoms with E-state index in [-0.39, 0.29) is 11.3 Å². The molecule has 3 nitrogen and oxygen atoms in total. The van der Waals surface area contributed by atoms with Gasteiger partial charge in [-0.25, -0.2) is 4.98 Å². The third kappa shape index (κ3) is 2.21. The SMILES string of the molecule is CC1(C)CCN(C(=O)c2ccc(F)nc2)C1. The van der Waals surface area contributed by atoms with Crippen molar-refractivity contribution in [3.05, 3.63) is 29.8 Å². The average Bonchev–Trinajstić information content (AvgIpc) is 2.59. The Morgan fingerprint density at radius 1 is 1.50 bits per heavy atom. The van der Waals surface area contributed by atoms with Crippen molar-refractivity contribution >= 4 is 5.91 Å². The van der Waals surface area contributed by atoms with Crippen LogP contribution in [0.2, 0.25) is 0 Å². The highest BCUT2D eigenvalue weighted by molar-refractivity contribution is 5.94. The van der Waals surface area contributed by atoms with Crippen molar-refractivity contribution in [1.29, 1.82) is 0 Å². The third-order valence-electron chi connectivity index (χ3n) is 2.94. The Kier molecular flexibility index (Phi) is 2.66. The molecule has 1 aromatic rings. The van der Waals surface area contributed by atoms with E-state index in [1.807, 2.05) is 0 Å². The highest BCUT2D eigenvalue weighted by atomic mass is 19.1. The van der Waals surface area contributed by atoms with Gasteiger partial charge in [-0.2, -0.15) is 4.39 Å². The van der Waals surface area contributed by atoms with Crippen LogP contribution in [0.15, 0.2) is 18.3 Å². The molecule has 0 spiro atoms. The van der Waals surface area contributed by atoms with E-state index in [0.29, 0.717) is 5.56 Å². The number of amides is 1. The highest BCUT2D eigenvalue weighted by Gasteiger charge is 2.32. The molecule has 1 aliphatic heterocycles. The van der Waals surface area contributed by atoms with E-state index in [1.54, 1.807) is 4.90 Å². The molecule has 86 valence electrons. The van der Waals surface area contributed by atoms with E-state index in [9.17, 15) is 9.18 Å². The average molecular weight is 222 g/mol. The van der Waals surface area contributed by atoms with Crippen LogP contribution in [0.25, 0.3) is 0 Å². The van der Waals surface area contributed by atoms with E-state index in [4.69, 9.17) is 0 Å². The predicted octanol–water partition coefficient (Wildman–Crippen LogP) is 2.09. The van der Waals surface area contributed by atoms with Crippen molar-refractivity contribution in [2.75, 3.05) is 13.1 Å². The molecule has 0 aliphatic carbocycles. The first-order valence-corrected chi connectivity index (χ1v) is 5.39. The first-order chi connectivity index (χ1) is 7.48. The summed E-state index contributed by atoms with van der Waals surface area (Å²) in [4.78, 5) is 17.3. The molecule has 2 heterocycles. The van der Waals surface area contributed by atoms with E-state index < -0.39 is 5.95 Å². The monoisotopic (exact) mass is 222 g/mol. The second kappa shape index (κ2) is 3.85. The molecular weight excluding hydrogens is 207 g/mol. The number of rotatable bonds is 1. The maximum absolute atomic E-state index is 12.6. The van der Waals surface area contributed by atoms with Gasteiger partial charge in [0.1, 0.15) is 0 Å². The number of carbonyl (C=O) groups is 1. The Bertz CT molecular complexity index is 400. The molecule has 1 aromatic heterocycles. The Morgan fingerprint density at radius 2 is 2.25 bits per heavy atom. The van der Waals surface area contributed by atoms with Gasteiger partial charge in [0.15, 0.2) is 0 Å². The number of carbonyl (C=O) groups excluding carboxylic acids is 1. The van der Waals surface area contributed by atoms with Crippen LogP contribution in [0.4, 0.5) is 4.39 Å². The van der Waals surface area contributed by atoms with Crippen LogP contribution < -0.4 is 0 Å². The van der Waals surface area contributed by atoms with Crippen LogP contribution in [0.1, 0.15) is 30.6 Å². The molecule has 0 N–H and O–H groups in total. The molecule has 0 radical (unpaired) electrons. The third-order valence-corrected chi connectivity index (χ3v) is 2.94. The molecule has 1 fully saturated rings. The number of nitrogens with zero attached hydrogens (tertiary/aromatic N) is 2. The summed E-state index contributed by atoms with van der Waals surface area (Å²) >= 11 is 0. The largest absolute Gasteiger partial charge is 0.338 e. The molecule has 4 heteroatoms. The van der Waals surface area contributed by atoms with Gasteiger partial charge in [-0.3, -0.25) is 4.79 Å². The van der Waals surface area contributed by atoms with Crippen molar-refractivity contribution in [2.45, 2.75) is 20.3 Å². The Labute approximate surface area is 94.3 Å². The number of hydrogen-bond donors (Lipinski definition) is 0. The van der Waals surface area contributed by atoms with Gasteiger partial charge < -0.3 is 4.90 Å². The van der Waals surface area contributed by atoms with Gasteiger partial charge in [0, 0.05) is 19.3 Å². The van der Waals surface area contributed by atoms with E-state index in [2.05, 4.69) is 18.8 Å². The normalized spacial score (nSPS) is 18.8. The van der Waals surface area contributed by atoms with Gasteiger partial charge in [0.05, 0.1) is 5.56 Å². The van der Waals surface area contributed by atoms with Gasteiger partial charge in [-0.15, -0.1) is 0 Å². The predicted molar refractivity (Wildman–Crippen MR) is 58.5 cm³/mol. The van der Waals surface area contributed by atoms with E-state index in [0.717, 1.165) is 19.5 Å². The minimum Gasteiger partial charge on any atom is -0.338 e. The molecule has 0 aromatic carbocycles. The molecule has 1 aliphatic rings. The molecule has 0 unspecified atom stereocenters. The van der Waals surface area contributed by atoms with Gasteiger partial charge in [0.25, 0.3) is 5.91 Å². The number of pyridine rings is 1. The lowest BCUT2D eigenvalue weighted by molar-refractivity contribution is 0.0777. The van der Waals surface area contributed by atoms with Gasteiger partial charge in [-0.1, -0.05) is 13.8 Å². The molecule has 1 amide bonds. The molecule has 16 heavy (non-hydrogen) atoms. The fourth-order valence-electron chi connectivity index (χ4n) is 1.97. The molecule has 0 saturated carbocycles. The van der Waals surface area contributed by atoms with Crippen molar-refractivity contribution < 1.29 is 9.18 Å². The number of aromatic nitrogens is 1. The zero-order valence-electron chi connectivity index (χ0n) is 9.53. The Morgan fingerprint density at radius 3 is 2.75 bits per heavy atom. The lowest BCUT2D eigenvalue weighted by Gasteiger charge is -2.19. The molecule has 2 rings (SSSR count). The number of likely N-dealkylation sites (tertiary alicyclic amines) is 1. The molecular formula is C12H15FN2O. The Hall–Kier alpha value is -1.45. The van der Waals surface area contributed by atoms with Gasteiger partial charge in [0.2, 0.25) is 5.95 Å². The summed E-state index contributed by atoms with van der Waals surface area (Å²) in [5, 5.41) is 0. The van der Waals surface area contributed by atoms with Gasteiger partial charge in [-0.05, 0) is 24.0 Å². The van der Waals surface area contributed by atoms with Crippen molar-refractivity contribution in [3.8, 4) is 0 Å². The highest BCUT2D eigenvalue weighted by Crippen LogP contribution is 2.29. The first-order valence-electron chi connectivity index (χ1n) is 5.39. The number of halogens is 1. The summed E-state index contributed by atoms with van der Waals surface area (Å²) < 4.78 is 12.6. The van der Waals surface area contributed by atoms with Crippen LogP contribution in [-0.4, -0.2) is 28.9 Å². The minimum atomic E-state index is -0.557. The Balaban J connectivity index is 2.12. The summed E-state index contributed by atoms with van der Waals surface area (Å²) in [6.45, 7) is 5.80. The van der Waals surface area contributed by atoms with Crippen LogP contribution in [0, 0.1) is 11.4 Å². The zero-order valence-corrected chi connectivity index (χ0v) is 9.53. The fraction of sp³-hybridized carbons (Fsp3) is 0.500. The van der Waals surface area contributed by atoms with Crippen molar-refractivity contribution in [3.63, 3.8) is 0 Å². The summed E-state index contributed by atoms with van der Waals surface area (Å²) in [5.41, 5.74) is 0.641. The van der Waals surface area contributed by atoms with Crippen molar-refractivity contribution in [1.82, 2.24) is 9.88 Å². The summed E-state index contributed by atoms with van der Waals surface area (Å²) in [6, 6.07) is 2.70. The second-order valence-corrected chi connectivity index (χ2v) is 5.01. The number of hydrogen-bond acceptors (Lipinski definition) is 2. The van der Waals surface area contributed by atoms with E-state index in [1.165, 1.54) is 18.3 Å². The summed E-state index contributed by atoms with van der Waals surface area (Å²) in [6.07, 6.45) is 2.30. The summed E-state index contributed by atoms with van der Waals surface area (Å²) in [7, 11) is 0. The van der Waals surface area contributed by atoms with Gasteiger partial charge >= 0.3 is 0 Å². The van der Waals surface area contributed by atoms with Crippen LogP contribution in [0.5, 0.6) is 0 Å². The van der Waals surface area contributed by atoms with Crippen LogP contribution in [0.3, 0.4) is 0 Å². The molecule has 1 saturated heterocycles. The van der Waals surface area contributed by atoms with Crippen LogP contribution >= 0.6 is 0 Å². The van der Waals surface area contributed by atoms with Crippen LogP contribution in [-0.2, 0) is 0 Å². The molecule has 0 bridgehead atoms.